The van der Waals surface area contributed by atoms with E-state index in [1.807, 2.05) is 6.92 Å². The number of nitrogens with zero attached hydrogens (tertiary/aromatic N) is 1. The number of aromatic nitrogens is 1. The van der Waals surface area contributed by atoms with E-state index in [9.17, 15) is 18.0 Å². The molecule has 1 aromatic heterocycles. The van der Waals surface area contributed by atoms with Crippen molar-refractivity contribution in [1.29, 1.82) is 0 Å². The number of nitrogen functional groups attached to an aromatic ring is 1. The third-order valence-electron chi connectivity index (χ3n) is 4.51. The molecule has 2 aromatic carbocycles. The molecule has 4 nitrogen and oxygen atoms in total. The summed E-state index contributed by atoms with van der Waals surface area (Å²) in [5, 5.41) is 3.35. The zero-order chi connectivity index (χ0) is 19.8. The molecule has 0 saturated carbocycles. The van der Waals surface area contributed by atoms with Gasteiger partial charge >= 0.3 is 6.18 Å². The molecule has 27 heavy (non-hydrogen) atoms. The highest BCUT2D eigenvalue weighted by Crippen LogP contribution is 2.39. The van der Waals surface area contributed by atoms with Gasteiger partial charge in [0.1, 0.15) is 0 Å². The number of alkyl halides is 3. The number of carbonyl (C=O) groups excluding carboxylic acids is 1. The van der Waals surface area contributed by atoms with E-state index >= 15 is 0 Å². The largest absolute Gasteiger partial charge is 0.416 e. The van der Waals surface area contributed by atoms with Crippen LogP contribution >= 0.6 is 0 Å². The number of nitrogens with one attached hydrogen (secondary N) is 1. The number of anilines is 2. The average Bonchev–Trinajstić information content (AvgIpc) is 2.93. The van der Waals surface area contributed by atoms with Crippen molar-refractivity contribution in [2.45, 2.75) is 33.0 Å². The van der Waals surface area contributed by atoms with Gasteiger partial charge < -0.3 is 15.6 Å². The van der Waals surface area contributed by atoms with Crippen molar-refractivity contribution >= 4 is 28.2 Å². The molecule has 3 aromatic rings. The molecule has 0 aliphatic rings. The number of carbonyl (C=O) groups is 1. The Kier molecular flexibility index (Phi) is 4.87. The fraction of sp³-hybridized carbons (Fsp3) is 0.250. The van der Waals surface area contributed by atoms with Crippen molar-refractivity contribution in [3.63, 3.8) is 0 Å². The van der Waals surface area contributed by atoms with Crippen molar-refractivity contribution in [2.75, 3.05) is 11.1 Å². The summed E-state index contributed by atoms with van der Waals surface area (Å²) in [6.45, 7) is 4.09. The predicted octanol–water partition coefficient (Wildman–Crippen LogP) is 5.28. The van der Waals surface area contributed by atoms with Gasteiger partial charge in [0.15, 0.2) is 0 Å². The van der Waals surface area contributed by atoms with Crippen LogP contribution in [0.5, 0.6) is 0 Å². The van der Waals surface area contributed by atoms with E-state index in [1.165, 1.54) is 6.07 Å². The molecular formula is C20H20F3N3O. The molecule has 3 N–H and O–H groups in total. The fourth-order valence-corrected chi connectivity index (χ4v) is 3.15. The van der Waals surface area contributed by atoms with Gasteiger partial charge in [0.2, 0.25) is 5.91 Å². The summed E-state index contributed by atoms with van der Waals surface area (Å²) in [4.78, 5) is 11.5. The van der Waals surface area contributed by atoms with Crippen LogP contribution in [0.4, 0.5) is 24.5 Å². The lowest BCUT2D eigenvalue weighted by Gasteiger charge is -2.11. The number of halogens is 3. The first-order valence-electron chi connectivity index (χ1n) is 8.65. The average molecular weight is 375 g/mol. The minimum Gasteiger partial charge on any atom is -0.396 e. The molecule has 142 valence electrons. The minimum atomic E-state index is -4.41. The molecule has 7 heteroatoms. The summed E-state index contributed by atoms with van der Waals surface area (Å²) in [5.41, 5.74) is 8.55. The molecule has 0 atom stereocenters. The zero-order valence-corrected chi connectivity index (χ0v) is 15.0. The molecular weight excluding hydrogens is 355 g/mol. The first kappa shape index (κ1) is 18.8. The summed E-state index contributed by atoms with van der Waals surface area (Å²) < 4.78 is 41.0. The second-order valence-electron chi connectivity index (χ2n) is 6.22. The molecule has 3 rings (SSSR count). The van der Waals surface area contributed by atoms with Crippen LogP contribution < -0.4 is 11.1 Å². The highest BCUT2D eigenvalue weighted by atomic mass is 19.4. The van der Waals surface area contributed by atoms with Crippen molar-refractivity contribution in [3.8, 4) is 11.3 Å². The van der Waals surface area contributed by atoms with Crippen LogP contribution in [0.1, 0.15) is 25.8 Å². The topological polar surface area (TPSA) is 60.1 Å². The molecule has 0 radical (unpaired) electrons. The second kappa shape index (κ2) is 6.98. The number of amides is 1. The van der Waals surface area contributed by atoms with E-state index in [1.54, 1.807) is 35.8 Å². The number of nitrogens with two attached hydrogens (primary N) is 1. The Morgan fingerprint density at radius 3 is 2.33 bits per heavy atom. The Morgan fingerprint density at radius 2 is 1.78 bits per heavy atom. The van der Waals surface area contributed by atoms with Gasteiger partial charge in [0, 0.05) is 29.6 Å². The maximum Gasteiger partial charge on any atom is 0.416 e. The second-order valence-corrected chi connectivity index (χ2v) is 6.22. The van der Waals surface area contributed by atoms with Gasteiger partial charge in [-0.25, -0.2) is 0 Å². The Morgan fingerprint density at radius 1 is 1.11 bits per heavy atom. The molecule has 0 bridgehead atoms. The summed E-state index contributed by atoms with van der Waals surface area (Å²) in [7, 11) is 0. The van der Waals surface area contributed by atoms with Crippen LogP contribution in [-0.2, 0) is 17.5 Å². The lowest BCUT2D eigenvalue weighted by atomic mass is 10.1. The Balaban J connectivity index is 2.11. The maximum atomic E-state index is 13.1. The van der Waals surface area contributed by atoms with Gasteiger partial charge in [-0.05, 0) is 31.2 Å². The molecule has 0 unspecified atom stereocenters. The molecule has 0 aliphatic heterocycles. The number of hydrogen-bond acceptors (Lipinski definition) is 2. The first-order chi connectivity index (χ1) is 12.8. The van der Waals surface area contributed by atoms with Crippen LogP contribution in [-0.4, -0.2) is 10.5 Å². The number of rotatable bonds is 4. The van der Waals surface area contributed by atoms with E-state index in [2.05, 4.69) is 5.32 Å². The molecule has 0 aliphatic carbocycles. The predicted molar refractivity (Wildman–Crippen MR) is 101 cm³/mol. The maximum absolute atomic E-state index is 13.1. The number of aryl methyl sites for hydroxylation is 1. The highest BCUT2D eigenvalue weighted by molar-refractivity contribution is 6.01. The van der Waals surface area contributed by atoms with Gasteiger partial charge in [-0.1, -0.05) is 25.1 Å². The minimum absolute atomic E-state index is 0.0929. The number of benzene rings is 2. The lowest BCUT2D eigenvalue weighted by Crippen LogP contribution is -2.09. The van der Waals surface area contributed by atoms with Crippen LogP contribution in [0.15, 0.2) is 42.5 Å². The molecule has 1 heterocycles. The van der Waals surface area contributed by atoms with Crippen LogP contribution in [0.25, 0.3) is 22.2 Å². The summed E-state index contributed by atoms with van der Waals surface area (Å²) in [6.07, 6.45) is -4.04. The van der Waals surface area contributed by atoms with Crippen LogP contribution in [0, 0.1) is 0 Å². The van der Waals surface area contributed by atoms with Crippen molar-refractivity contribution in [3.05, 3.63) is 48.0 Å². The van der Waals surface area contributed by atoms with Gasteiger partial charge in [0.05, 0.1) is 22.5 Å². The lowest BCUT2D eigenvalue weighted by molar-refractivity contribution is -0.137. The molecule has 1 amide bonds. The number of hydrogen-bond donors (Lipinski definition) is 2. The first-order valence-corrected chi connectivity index (χ1v) is 8.65. The van der Waals surface area contributed by atoms with Gasteiger partial charge in [0.25, 0.3) is 0 Å². The van der Waals surface area contributed by atoms with Gasteiger partial charge in [-0.15, -0.1) is 0 Å². The van der Waals surface area contributed by atoms with E-state index in [4.69, 9.17) is 5.73 Å². The highest BCUT2D eigenvalue weighted by Gasteiger charge is 2.31. The van der Waals surface area contributed by atoms with E-state index in [-0.39, 0.29) is 5.91 Å². The van der Waals surface area contributed by atoms with Gasteiger partial charge in [-0.2, -0.15) is 13.2 Å². The third-order valence-corrected chi connectivity index (χ3v) is 4.51. The Labute approximate surface area is 154 Å². The Hall–Kier alpha value is -2.96. The van der Waals surface area contributed by atoms with Crippen LogP contribution in [0.2, 0.25) is 0 Å². The van der Waals surface area contributed by atoms with Crippen molar-refractivity contribution < 1.29 is 18.0 Å². The summed E-state index contributed by atoms with van der Waals surface area (Å²) >= 11 is 0. The third kappa shape index (κ3) is 3.49. The fourth-order valence-electron chi connectivity index (χ4n) is 3.15. The van der Waals surface area contributed by atoms with Gasteiger partial charge in [-0.3, -0.25) is 4.79 Å². The number of fused-ring (bicyclic) bond motifs is 1. The van der Waals surface area contributed by atoms with Crippen molar-refractivity contribution in [2.24, 2.45) is 0 Å². The summed E-state index contributed by atoms with van der Waals surface area (Å²) in [5.74, 6) is -0.0929. The normalized spacial score (nSPS) is 11.7. The zero-order valence-electron chi connectivity index (χ0n) is 15.0. The standard InChI is InChI=1S/C20H20F3N3O/c1-3-17(27)25-14-8-5-12(6-9-14)19-18(24)15-10-7-13(20(21,22)23)11-16(15)26(19)4-2/h5-11H,3-4,24H2,1-2H3,(H,25,27). The van der Waals surface area contributed by atoms with E-state index in [0.717, 1.165) is 17.7 Å². The van der Waals surface area contributed by atoms with Crippen molar-refractivity contribution in [1.82, 2.24) is 4.57 Å². The SMILES string of the molecule is CCC(=O)Nc1ccc(-c2c(N)c3ccc(C(F)(F)F)cc3n2CC)cc1. The van der Waals surface area contributed by atoms with E-state index in [0.29, 0.717) is 40.9 Å². The molecule has 0 spiro atoms. The molecule has 0 saturated heterocycles. The quantitative estimate of drug-likeness (QED) is 0.652. The molecule has 0 fully saturated rings. The smallest absolute Gasteiger partial charge is 0.396 e. The Bertz CT molecular complexity index is 988. The summed E-state index contributed by atoms with van der Waals surface area (Å²) in [6, 6.07) is 10.7. The van der Waals surface area contributed by atoms with Crippen LogP contribution in [0.3, 0.4) is 0 Å². The van der Waals surface area contributed by atoms with E-state index < -0.39 is 11.7 Å². The monoisotopic (exact) mass is 375 g/mol.